The number of ether oxygens (including phenoxy) is 2. The van der Waals surface area contributed by atoms with Gasteiger partial charge in [0.05, 0.1) is 0 Å². The van der Waals surface area contributed by atoms with Gasteiger partial charge in [0.15, 0.2) is 0 Å². The Balaban J connectivity index is 1.57. The summed E-state index contributed by atoms with van der Waals surface area (Å²) in [4.78, 5) is 25.6. The zero-order valence-electron chi connectivity index (χ0n) is 15.6. The molecule has 2 aliphatic heterocycles. The maximum absolute atomic E-state index is 12.8. The van der Waals surface area contributed by atoms with Gasteiger partial charge in [-0.05, 0) is 56.8 Å². The molecule has 140 valence electrons. The third kappa shape index (κ3) is 2.33. The lowest BCUT2D eigenvalue weighted by Crippen LogP contribution is -2.30. The predicted molar refractivity (Wildman–Crippen MR) is 95.6 cm³/mol. The van der Waals surface area contributed by atoms with Gasteiger partial charge in [0.2, 0.25) is 0 Å². The van der Waals surface area contributed by atoms with E-state index in [0.717, 1.165) is 51.4 Å². The summed E-state index contributed by atoms with van der Waals surface area (Å²) in [5.41, 5.74) is 0.860. The second-order valence-corrected chi connectivity index (χ2v) is 9.16. The number of carbonyl (C=O) groups excluding carboxylic acids is 2. The van der Waals surface area contributed by atoms with Crippen molar-refractivity contribution in [2.24, 2.45) is 23.2 Å². The molecule has 0 aromatic rings. The number of carbonyl (C=O) groups is 2. The van der Waals surface area contributed by atoms with Gasteiger partial charge in [0.1, 0.15) is 22.7 Å². The van der Waals surface area contributed by atoms with E-state index in [0.29, 0.717) is 34.5 Å². The molecule has 4 heteroatoms. The van der Waals surface area contributed by atoms with Gasteiger partial charge in [-0.3, -0.25) is 0 Å². The number of fused-ring (bicyclic) bond motifs is 3. The molecular formula is C22H28O4. The number of rotatable bonds is 3. The van der Waals surface area contributed by atoms with Crippen molar-refractivity contribution >= 4 is 11.9 Å². The zero-order valence-corrected chi connectivity index (χ0v) is 15.6. The minimum atomic E-state index is -0.335. The van der Waals surface area contributed by atoms with Crippen molar-refractivity contribution in [1.29, 1.82) is 0 Å². The number of esters is 2. The number of hydrogen-bond donors (Lipinski definition) is 0. The molecule has 2 heterocycles. The van der Waals surface area contributed by atoms with Crippen LogP contribution in [-0.4, -0.2) is 11.9 Å². The van der Waals surface area contributed by atoms with Gasteiger partial charge in [0.25, 0.3) is 0 Å². The average Bonchev–Trinajstić information content (AvgIpc) is 3.29. The summed E-state index contributed by atoms with van der Waals surface area (Å²) in [6.07, 6.45) is 12.3. The van der Waals surface area contributed by atoms with Crippen LogP contribution in [0.5, 0.6) is 0 Å². The van der Waals surface area contributed by atoms with E-state index < -0.39 is 0 Å². The molecule has 0 N–H and O–H groups in total. The van der Waals surface area contributed by atoms with Crippen LogP contribution in [0.1, 0.15) is 77.6 Å². The Morgan fingerprint density at radius 2 is 1.73 bits per heavy atom. The van der Waals surface area contributed by atoms with Crippen LogP contribution < -0.4 is 0 Å². The van der Waals surface area contributed by atoms with Gasteiger partial charge in [-0.25, -0.2) is 9.59 Å². The van der Waals surface area contributed by atoms with E-state index >= 15 is 0 Å². The van der Waals surface area contributed by atoms with Gasteiger partial charge >= 0.3 is 11.9 Å². The standard InChI is InChI=1S/C22H28O4/c1-2-13-10-14-8-9-22(11-13,12-14)19-17-16(20(23)26-19)18(25-21(17)24)15-6-4-3-5-7-15/h13-15H,2-12H2,1H3. The van der Waals surface area contributed by atoms with E-state index in [1.54, 1.807) is 0 Å². The topological polar surface area (TPSA) is 52.6 Å². The molecule has 3 saturated carbocycles. The molecule has 0 aromatic heterocycles. The third-order valence-electron chi connectivity index (χ3n) is 7.62. The Morgan fingerprint density at radius 1 is 0.962 bits per heavy atom. The van der Waals surface area contributed by atoms with Crippen LogP contribution >= 0.6 is 0 Å². The van der Waals surface area contributed by atoms with Crippen LogP contribution in [-0.2, 0) is 19.1 Å². The first-order chi connectivity index (χ1) is 12.6. The van der Waals surface area contributed by atoms with Crippen LogP contribution in [0.4, 0.5) is 0 Å². The van der Waals surface area contributed by atoms with Crippen molar-refractivity contribution in [3.63, 3.8) is 0 Å². The van der Waals surface area contributed by atoms with Crippen LogP contribution in [0.3, 0.4) is 0 Å². The fraction of sp³-hybridized carbons (Fsp3) is 0.727. The molecule has 5 rings (SSSR count). The fourth-order valence-electron chi connectivity index (χ4n) is 6.40. The van der Waals surface area contributed by atoms with E-state index in [2.05, 4.69) is 6.92 Å². The normalized spacial score (nSPS) is 37.3. The van der Waals surface area contributed by atoms with Crippen molar-refractivity contribution in [2.75, 3.05) is 0 Å². The zero-order chi connectivity index (χ0) is 17.9. The van der Waals surface area contributed by atoms with Gasteiger partial charge < -0.3 is 9.47 Å². The van der Waals surface area contributed by atoms with E-state index in [1.165, 1.54) is 19.3 Å². The Hall–Kier alpha value is -1.58. The first-order valence-corrected chi connectivity index (χ1v) is 10.5. The SMILES string of the molecule is CCC1CC2CCC(C3=C4C(=O)OC(C5CCCCC5)=C4C(=O)O3)(C1)C2. The van der Waals surface area contributed by atoms with E-state index in [4.69, 9.17) is 9.47 Å². The summed E-state index contributed by atoms with van der Waals surface area (Å²) in [6.45, 7) is 2.25. The summed E-state index contributed by atoms with van der Waals surface area (Å²) in [5.74, 6) is 2.22. The fourth-order valence-corrected chi connectivity index (χ4v) is 6.40. The monoisotopic (exact) mass is 356 g/mol. The first kappa shape index (κ1) is 16.6. The van der Waals surface area contributed by atoms with Gasteiger partial charge in [-0.2, -0.15) is 0 Å². The molecule has 26 heavy (non-hydrogen) atoms. The lowest BCUT2D eigenvalue weighted by molar-refractivity contribution is -0.136. The van der Waals surface area contributed by atoms with Gasteiger partial charge in [-0.1, -0.05) is 32.6 Å². The van der Waals surface area contributed by atoms with Crippen molar-refractivity contribution in [2.45, 2.75) is 77.6 Å². The first-order valence-electron chi connectivity index (χ1n) is 10.5. The molecule has 3 aliphatic carbocycles. The molecule has 0 saturated heterocycles. The molecule has 5 aliphatic rings. The van der Waals surface area contributed by atoms with Crippen LogP contribution in [0.2, 0.25) is 0 Å². The van der Waals surface area contributed by atoms with E-state index in [-0.39, 0.29) is 23.3 Å². The molecule has 0 amide bonds. The number of allylic oxidation sites excluding steroid dienone is 2. The molecular weight excluding hydrogens is 328 g/mol. The van der Waals surface area contributed by atoms with E-state index in [9.17, 15) is 9.59 Å². The highest BCUT2D eigenvalue weighted by Gasteiger charge is 2.56. The van der Waals surface area contributed by atoms with Crippen molar-refractivity contribution in [3.8, 4) is 0 Å². The molecule has 4 nitrogen and oxygen atoms in total. The Morgan fingerprint density at radius 3 is 2.50 bits per heavy atom. The molecule has 0 aromatic carbocycles. The summed E-state index contributed by atoms with van der Waals surface area (Å²) in [6, 6.07) is 0. The van der Waals surface area contributed by atoms with Crippen LogP contribution in [0, 0.1) is 23.2 Å². The maximum Gasteiger partial charge on any atom is 0.347 e. The summed E-state index contributed by atoms with van der Waals surface area (Å²) in [5, 5.41) is 0. The van der Waals surface area contributed by atoms with Crippen molar-refractivity contribution in [1.82, 2.24) is 0 Å². The Bertz CT molecular complexity index is 724. The largest absolute Gasteiger partial charge is 0.426 e. The minimum absolute atomic E-state index is 0.114. The second-order valence-electron chi connectivity index (χ2n) is 9.16. The number of cyclic esters (lactones) is 2. The predicted octanol–water partition coefficient (Wildman–Crippen LogP) is 4.80. The average molecular weight is 356 g/mol. The van der Waals surface area contributed by atoms with E-state index in [1.807, 2.05) is 0 Å². The lowest BCUT2D eigenvalue weighted by Gasteiger charge is -2.37. The number of hydrogen-bond acceptors (Lipinski definition) is 4. The summed E-state index contributed by atoms with van der Waals surface area (Å²) >= 11 is 0. The Kier molecular flexibility index (Phi) is 3.81. The summed E-state index contributed by atoms with van der Waals surface area (Å²) in [7, 11) is 0. The highest BCUT2D eigenvalue weighted by Crippen LogP contribution is 2.61. The van der Waals surface area contributed by atoms with Gasteiger partial charge in [-0.15, -0.1) is 0 Å². The molecule has 0 radical (unpaired) electrons. The van der Waals surface area contributed by atoms with Crippen molar-refractivity contribution < 1.29 is 19.1 Å². The van der Waals surface area contributed by atoms with Crippen LogP contribution in [0.15, 0.2) is 22.7 Å². The minimum Gasteiger partial charge on any atom is -0.426 e. The van der Waals surface area contributed by atoms with Crippen molar-refractivity contribution in [3.05, 3.63) is 22.7 Å². The molecule has 3 unspecified atom stereocenters. The third-order valence-corrected chi connectivity index (χ3v) is 7.62. The highest BCUT2D eigenvalue weighted by atomic mass is 16.6. The molecule has 3 atom stereocenters. The maximum atomic E-state index is 12.8. The summed E-state index contributed by atoms with van der Waals surface area (Å²) < 4.78 is 11.6. The molecule has 0 spiro atoms. The second kappa shape index (κ2) is 5.97. The molecule has 2 bridgehead atoms. The lowest BCUT2D eigenvalue weighted by atomic mass is 9.68. The highest BCUT2D eigenvalue weighted by molar-refractivity contribution is 6.14. The quantitative estimate of drug-likeness (QED) is 0.682. The van der Waals surface area contributed by atoms with Gasteiger partial charge in [0, 0.05) is 11.3 Å². The van der Waals surface area contributed by atoms with Crippen LogP contribution in [0.25, 0.3) is 0 Å². The smallest absolute Gasteiger partial charge is 0.347 e. The Labute approximate surface area is 155 Å². The molecule has 3 fully saturated rings.